The lowest BCUT2D eigenvalue weighted by Crippen LogP contribution is -2.07. The molecule has 2 rings (SSSR count). The smallest absolute Gasteiger partial charge is 0.174 e. The van der Waals surface area contributed by atoms with Crippen molar-refractivity contribution in [3.05, 3.63) is 55.1 Å². The number of hydrazone groups is 1. The third-order valence-corrected chi connectivity index (χ3v) is 4.83. The second kappa shape index (κ2) is 10.1. The van der Waals surface area contributed by atoms with E-state index < -0.39 is 0 Å². The fourth-order valence-electron chi connectivity index (χ4n) is 2.10. The Balaban J connectivity index is 2.07. The Hall–Kier alpha value is -1.18. The Bertz CT molecular complexity index is 734. The molecule has 0 amide bonds. The minimum absolute atomic E-state index is 0.445. The summed E-state index contributed by atoms with van der Waals surface area (Å²) in [6.07, 6.45) is 2.66. The SMILES string of the molecule is CCCOc1c(I)cc(/C=N\NCc2c(Cl)cccc2Cl)cc1OC. The molecule has 7 heteroatoms. The van der Waals surface area contributed by atoms with E-state index in [1.165, 1.54) is 0 Å². The normalized spacial score (nSPS) is 10.9. The maximum Gasteiger partial charge on any atom is 0.174 e. The average Bonchev–Trinajstić information content (AvgIpc) is 2.59. The predicted molar refractivity (Wildman–Crippen MR) is 112 cm³/mol. The maximum absolute atomic E-state index is 6.14. The van der Waals surface area contributed by atoms with Crippen LogP contribution in [-0.2, 0) is 6.54 Å². The van der Waals surface area contributed by atoms with E-state index in [0.29, 0.717) is 28.9 Å². The molecular weight excluding hydrogens is 474 g/mol. The van der Waals surface area contributed by atoms with E-state index in [1.807, 2.05) is 18.2 Å². The van der Waals surface area contributed by atoms with Crippen molar-refractivity contribution < 1.29 is 9.47 Å². The zero-order valence-electron chi connectivity index (χ0n) is 14.0. The van der Waals surface area contributed by atoms with Crippen molar-refractivity contribution in [3.63, 3.8) is 0 Å². The number of nitrogens with zero attached hydrogens (tertiary/aromatic N) is 1. The molecule has 0 spiro atoms. The van der Waals surface area contributed by atoms with Crippen LogP contribution in [0.25, 0.3) is 0 Å². The summed E-state index contributed by atoms with van der Waals surface area (Å²) < 4.78 is 12.1. The fourth-order valence-corrected chi connectivity index (χ4v) is 3.42. The highest BCUT2D eigenvalue weighted by molar-refractivity contribution is 14.1. The van der Waals surface area contributed by atoms with Gasteiger partial charge in [0.25, 0.3) is 0 Å². The van der Waals surface area contributed by atoms with Crippen LogP contribution in [0.5, 0.6) is 11.5 Å². The molecule has 25 heavy (non-hydrogen) atoms. The minimum atomic E-state index is 0.445. The highest BCUT2D eigenvalue weighted by Gasteiger charge is 2.11. The minimum Gasteiger partial charge on any atom is -0.493 e. The van der Waals surface area contributed by atoms with E-state index >= 15 is 0 Å². The van der Waals surface area contributed by atoms with E-state index in [0.717, 1.165) is 26.9 Å². The summed E-state index contributed by atoms with van der Waals surface area (Å²) in [5, 5.41) is 5.46. The number of nitrogens with one attached hydrogen (secondary N) is 1. The Morgan fingerprint density at radius 1 is 1.24 bits per heavy atom. The van der Waals surface area contributed by atoms with Gasteiger partial charge in [0.05, 0.1) is 30.0 Å². The van der Waals surface area contributed by atoms with Crippen molar-refractivity contribution in [2.24, 2.45) is 5.10 Å². The van der Waals surface area contributed by atoms with Crippen LogP contribution in [0.4, 0.5) is 0 Å². The maximum atomic E-state index is 6.14. The molecule has 4 nitrogen and oxygen atoms in total. The molecular formula is C18H19Cl2IN2O2. The summed E-state index contributed by atoms with van der Waals surface area (Å²) in [5.74, 6) is 1.45. The van der Waals surface area contributed by atoms with Gasteiger partial charge >= 0.3 is 0 Å². The summed E-state index contributed by atoms with van der Waals surface area (Å²) in [4.78, 5) is 0. The number of hydrogen-bond donors (Lipinski definition) is 1. The molecule has 0 bridgehead atoms. The molecule has 0 fully saturated rings. The second-order valence-electron chi connectivity index (χ2n) is 5.18. The van der Waals surface area contributed by atoms with Crippen molar-refractivity contribution in [2.75, 3.05) is 13.7 Å². The molecule has 0 aliphatic heterocycles. The first kappa shape index (κ1) is 20.1. The third kappa shape index (κ3) is 5.66. The van der Waals surface area contributed by atoms with Gasteiger partial charge in [0.15, 0.2) is 11.5 Å². The quantitative estimate of drug-likeness (QED) is 0.300. The van der Waals surface area contributed by atoms with E-state index in [9.17, 15) is 0 Å². The molecule has 1 N–H and O–H groups in total. The van der Waals surface area contributed by atoms with Gasteiger partial charge in [-0.05, 0) is 58.8 Å². The summed E-state index contributed by atoms with van der Waals surface area (Å²) in [6, 6.07) is 9.29. The summed E-state index contributed by atoms with van der Waals surface area (Å²) in [5.41, 5.74) is 4.69. The van der Waals surface area contributed by atoms with Gasteiger partial charge in [-0.1, -0.05) is 36.2 Å². The highest BCUT2D eigenvalue weighted by Crippen LogP contribution is 2.33. The molecule has 134 valence electrons. The number of methoxy groups -OCH3 is 1. The third-order valence-electron chi connectivity index (χ3n) is 3.32. The van der Waals surface area contributed by atoms with E-state index in [1.54, 1.807) is 25.5 Å². The Kier molecular flexibility index (Phi) is 8.12. The monoisotopic (exact) mass is 492 g/mol. The number of ether oxygens (including phenoxy) is 2. The predicted octanol–water partition coefficient (Wildman–Crippen LogP) is 5.52. The molecule has 0 saturated carbocycles. The Morgan fingerprint density at radius 3 is 2.60 bits per heavy atom. The lowest BCUT2D eigenvalue weighted by Gasteiger charge is -2.12. The number of hydrogen-bond acceptors (Lipinski definition) is 4. The van der Waals surface area contributed by atoms with Crippen LogP contribution in [0.1, 0.15) is 24.5 Å². The Labute approximate surface area is 171 Å². The first-order valence-corrected chi connectivity index (χ1v) is 9.59. The van der Waals surface area contributed by atoms with Crippen LogP contribution in [0, 0.1) is 3.57 Å². The zero-order valence-corrected chi connectivity index (χ0v) is 17.7. The largest absolute Gasteiger partial charge is 0.493 e. The summed E-state index contributed by atoms with van der Waals surface area (Å²) in [6.45, 7) is 3.16. The molecule has 0 heterocycles. The van der Waals surface area contributed by atoms with Crippen LogP contribution < -0.4 is 14.9 Å². The van der Waals surface area contributed by atoms with Gasteiger partial charge in [-0.2, -0.15) is 5.10 Å². The van der Waals surface area contributed by atoms with Crippen molar-refractivity contribution in [1.29, 1.82) is 0 Å². The lowest BCUT2D eigenvalue weighted by molar-refractivity contribution is 0.292. The summed E-state index contributed by atoms with van der Waals surface area (Å²) in [7, 11) is 1.63. The molecule has 0 aromatic heterocycles. The summed E-state index contributed by atoms with van der Waals surface area (Å²) >= 11 is 14.5. The van der Waals surface area contributed by atoms with E-state index in [-0.39, 0.29) is 0 Å². The van der Waals surface area contributed by atoms with Crippen LogP contribution in [0.2, 0.25) is 10.0 Å². The van der Waals surface area contributed by atoms with Crippen LogP contribution >= 0.6 is 45.8 Å². The van der Waals surface area contributed by atoms with Crippen LogP contribution in [0.15, 0.2) is 35.4 Å². The molecule has 0 saturated heterocycles. The van der Waals surface area contributed by atoms with Gasteiger partial charge in [0.1, 0.15) is 0 Å². The zero-order chi connectivity index (χ0) is 18.2. The average molecular weight is 493 g/mol. The van der Waals surface area contributed by atoms with E-state index in [4.69, 9.17) is 32.7 Å². The van der Waals surface area contributed by atoms with Gasteiger partial charge in [-0.15, -0.1) is 0 Å². The fraction of sp³-hybridized carbons (Fsp3) is 0.278. The van der Waals surface area contributed by atoms with Crippen LogP contribution in [0.3, 0.4) is 0 Å². The van der Waals surface area contributed by atoms with E-state index in [2.05, 4.69) is 40.0 Å². The molecule has 0 aliphatic carbocycles. The Morgan fingerprint density at radius 2 is 1.96 bits per heavy atom. The molecule has 0 radical (unpaired) electrons. The van der Waals surface area contributed by atoms with Crippen molar-refractivity contribution in [2.45, 2.75) is 19.9 Å². The molecule has 0 unspecified atom stereocenters. The topological polar surface area (TPSA) is 42.8 Å². The van der Waals surface area contributed by atoms with Gasteiger partial charge in [-0.3, -0.25) is 0 Å². The van der Waals surface area contributed by atoms with Gasteiger partial charge in [-0.25, -0.2) is 0 Å². The number of rotatable bonds is 8. The molecule has 2 aromatic rings. The molecule has 2 aromatic carbocycles. The molecule has 0 atom stereocenters. The first-order valence-electron chi connectivity index (χ1n) is 7.76. The van der Waals surface area contributed by atoms with Crippen molar-refractivity contribution in [3.8, 4) is 11.5 Å². The number of benzene rings is 2. The lowest BCUT2D eigenvalue weighted by atomic mass is 10.2. The van der Waals surface area contributed by atoms with Crippen molar-refractivity contribution in [1.82, 2.24) is 5.43 Å². The highest BCUT2D eigenvalue weighted by atomic mass is 127. The first-order chi connectivity index (χ1) is 12.1. The molecule has 0 aliphatic rings. The van der Waals surface area contributed by atoms with Gasteiger partial charge in [0.2, 0.25) is 0 Å². The second-order valence-corrected chi connectivity index (χ2v) is 7.15. The van der Waals surface area contributed by atoms with Gasteiger partial charge in [0, 0.05) is 15.6 Å². The number of halogens is 3. The standard InChI is InChI=1S/C18H19Cl2IN2O2/c1-3-7-25-18-16(21)8-12(9-17(18)24-2)10-22-23-11-13-14(19)5-4-6-15(13)20/h4-6,8-10,23H,3,7,11H2,1-2H3/b22-10-. The van der Waals surface area contributed by atoms with Crippen molar-refractivity contribution >= 4 is 52.0 Å². The van der Waals surface area contributed by atoms with Crippen LogP contribution in [-0.4, -0.2) is 19.9 Å². The van der Waals surface area contributed by atoms with Gasteiger partial charge < -0.3 is 14.9 Å².